The van der Waals surface area contributed by atoms with Crippen LogP contribution in [0.25, 0.3) is 0 Å². The van der Waals surface area contributed by atoms with Crippen molar-refractivity contribution in [1.29, 1.82) is 0 Å². The molecule has 0 saturated carbocycles. The van der Waals surface area contributed by atoms with E-state index >= 15 is 0 Å². The molecule has 0 fully saturated rings. The van der Waals surface area contributed by atoms with Crippen LogP contribution in [-0.2, 0) is 16.1 Å². The highest BCUT2D eigenvalue weighted by atomic mass is 16.5. The molecule has 3 N–H and O–H groups in total. The summed E-state index contributed by atoms with van der Waals surface area (Å²) in [5.41, 5.74) is 1.93. The van der Waals surface area contributed by atoms with Crippen molar-refractivity contribution >= 4 is 17.6 Å². The lowest BCUT2D eigenvalue weighted by Crippen LogP contribution is -2.45. The summed E-state index contributed by atoms with van der Waals surface area (Å²) < 4.78 is 5.57. The number of guanidine groups is 1. The fourth-order valence-corrected chi connectivity index (χ4v) is 2.55. The topological polar surface area (TPSA) is 74.8 Å². The quantitative estimate of drug-likeness (QED) is 0.480. The average Bonchev–Trinajstić information content (AvgIpc) is 2.63. The Labute approximate surface area is 164 Å². The molecule has 0 aliphatic rings. The van der Waals surface area contributed by atoms with Crippen LogP contribution >= 0.6 is 0 Å². The first-order valence-electron chi connectivity index (χ1n) is 9.58. The van der Waals surface area contributed by atoms with Crippen LogP contribution in [0.3, 0.4) is 0 Å². The van der Waals surface area contributed by atoms with Gasteiger partial charge in [0.05, 0.1) is 6.10 Å². The molecular formula is C21H36N4O2. The molecule has 6 nitrogen and oxygen atoms in total. The molecule has 0 aliphatic carbocycles. The maximum Gasteiger partial charge on any atom is 0.227 e. The van der Waals surface area contributed by atoms with Gasteiger partial charge in [0.2, 0.25) is 5.91 Å². The van der Waals surface area contributed by atoms with Crippen LogP contribution in [0.1, 0.15) is 46.6 Å². The van der Waals surface area contributed by atoms with Gasteiger partial charge in [-0.15, -0.1) is 0 Å². The second-order valence-corrected chi connectivity index (χ2v) is 7.90. The highest BCUT2D eigenvalue weighted by Gasteiger charge is 2.24. The van der Waals surface area contributed by atoms with Crippen molar-refractivity contribution < 1.29 is 9.53 Å². The first kappa shape index (κ1) is 23.0. The molecule has 1 aromatic rings. The summed E-state index contributed by atoms with van der Waals surface area (Å²) in [6.45, 7) is 11.7. The van der Waals surface area contributed by atoms with Crippen LogP contribution in [0.15, 0.2) is 29.3 Å². The number of rotatable bonds is 8. The third-order valence-electron chi connectivity index (χ3n) is 4.64. The van der Waals surface area contributed by atoms with Gasteiger partial charge < -0.3 is 20.7 Å². The highest BCUT2D eigenvalue weighted by Crippen LogP contribution is 2.20. The van der Waals surface area contributed by atoms with Gasteiger partial charge in [-0.1, -0.05) is 46.8 Å². The number of anilines is 1. The van der Waals surface area contributed by atoms with Crippen molar-refractivity contribution in [3.8, 4) is 0 Å². The van der Waals surface area contributed by atoms with E-state index in [-0.39, 0.29) is 23.3 Å². The van der Waals surface area contributed by atoms with E-state index in [9.17, 15) is 4.79 Å². The Hall–Kier alpha value is -2.08. The van der Waals surface area contributed by atoms with E-state index < -0.39 is 0 Å². The number of hydrogen-bond acceptors (Lipinski definition) is 3. The Morgan fingerprint density at radius 1 is 1.26 bits per heavy atom. The molecule has 1 amide bonds. The second kappa shape index (κ2) is 10.9. The van der Waals surface area contributed by atoms with Crippen molar-refractivity contribution in [3.05, 3.63) is 29.8 Å². The number of ether oxygens (including phenoxy) is 1. The molecule has 2 atom stereocenters. The third-order valence-corrected chi connectivity index (χ3v) is 4.64. The van der Waals surface area contributed by atoms with Crippen molar-refractivity contribution in [2.75, 3.05) is 26.0 Å². The van der Waals surface area contributed by atoms with Crippen molar-refractivity contribution in [3.63, 3.8) is 0 Å². The van der Waals surface area contributed by atoms with Gasteiger partial charge in [-0.2, -0.15) is 0 Å². The highest BCUT2D eigenvalue weighted by molar-refractivity contribution is 5.92. The summed E-state index contributed by atoms with van der Waals surface area (Å²) in [7, 11) is 3.48. The summed E-state index contributed by atoms with van der Waals surface area (Å²) in [5, 5.41) is 9.58. The van der Waals surface area contributed by atoms with Gasteiger partial charge in [-0.05, 0) is 29.5 Å². The average molecular weight is 377 g/mol. The molecule has 0 spiro atoms. The fourth-order valence-electron chi connectivity index (χ4n) is 2.55. The standard InChI is InChI=1S/C21H36N4O2/c1-8-15(2)19(26)25-17-11-9-10-16(12-17)13-23-20(22-6)24-14-18(27-7)21(3,4)5/h9-12,15,18H,8,13-14H2,1-7H3,(H,25,26)(H2,22,23,24). The van der Waals surface area contributed by atoms with Crippen LogP contribution in [0.4, 0.5) is 5.69 Å². The van der Waals surface area contributed by atoms with Gasteiger partial charge in [0, 0.05) is 38.9 Å². The normalized spacial score (nSPS) is 14.4. The minimum absolute atomic E-state index is 0.00588. The van der Waals surface area contributed by atoms with E-state index in [0.717, 1.165) is 23.6 Å². The molecule has 0 aliphatic heterocycles. The largest absolute Gasteiger partial charge is 0.379 e. The lowest BCUT2D eigenvalue weighted by Gasteiger charge is -2.30. The number of nitrogens with one attached hydrogen (secondary N) is 3. The zero-order chi connectivity index (χ0) is 20.4. The maximum absolute atomic E-state index is 12.1. The molecular weight excluding hydrogens is 340 g/mol. The molecule has 27 heavy (non-hydrogen) atoms. The van der Waals surface area contributed by atoms with Gasteiger partial charge in [0.15, 0.2) is 5.96 Å². The van der Waals surface area contributed by atoms with Gasteiger partial charge >= 0.3 is 0 Å². The molecule has 2 unspecified atom stereocenters. The van der Waals surface area contributed by atoms with E-state index in [0.29, 0.717) is 13.1 Å². The lowest BCUT2D eigenvalue weighted by molar-refractivity contribution is -0.119. The summed E-state index contributed by atoms with van der Waals surface area (Å²) in [5.74, 6) is 0.773. The summed E-state index contributed by atoms with van der Waals surface area (Å²) in [6.07, 6.45) is 0.904. The SMILES string of the molecule is CCC(C)C(=O)Nc1cccc(CNC(=NC)NCC(OC)C(C)(C)C)c1. The van der Waals surface area contributed by atoms with Gasteiger partial charge in [0.1, 0.15) is 0 Å². The van der Waals surface area contributed by atoms with Crippen molar-refractivity contribution in [2.45, 2.75) is 53.7 Å². The second-order valence-electron chi connectivity index (χ2n) is 7.90. The Morgan fingerprint density at radius 3 is 2.52 bits per heavy atom. The first-order valence-corrected chi connectivity index (χ1v) is 9.58. The minimum Gasteiger partial charge on any atom is -0.379 e. The van der Waals surface area contributed by atoms with Crippen LogP contribution < -0.4 is 16.0 Å². The number of aliphatic imine (C=N–C) groups is 1. The van der Waals surface area contributed by atoms with E-state index in [1.54, 1.807) is 14.2 Å². The van der Waals surface area contributed by atoms with Gasteiger partial charge in [-0.3, -0.25) is 9.79 Å². The molecule has 0 radical (unpaired) electrons. The summed E-state index contributed by atoms with van der Waals surface area (Å²) >= 11 is 0. The predicted molar refractivity (Wildman–Crippen MR) is 113 cm³/mol. The fraction of sp³-hybridized carbons (Fsp3) is 0.619. The number of hydrogen-bond donors (Lipinski definition) is 3. The number of methoxy groups -OCH3 is 1. The monoisotopic (exact) mass is 376 g/mol. The minimum atomic E-state index is 0.00588. The van der Waals surface area contributed by atoms with Crippen molar-refractivity contribution in [1.82, 2.24) is 10.6 Å². The van der Waals surface area contributed by atoms with E-state index in [1.165, 1.54) is 0 Å². The molecule has 0 heterocycles. The number of benzene rings is 1. The summed E-state index contributed by atoms with van der Waals surface area (Å²) in [6, 6.07) is 7.85. The molecule has 1 aromatic carbocycles. The molecule has 6 heteroatoms. The lowest BCUT2D eigenvalue weighted by atomic mass is 9.89. The van der Waals surface area contributed by atoms with Crippen LogP contribution in [0.2, 0.25) is 0 Å². The maximum atomic E-state index is 12.1. The first-order chi connectivity index (χ1) is 12.7. The zero-order valence-corrected chi connectivity index (χ0v) is 17.8. The molecule has 152 valence electrons. The van der Waals surface area contributed by atoms with E-state index in [4.69, 9.17) is 4.74 Å². The number of carbonyl (C=O) groups is 1. The van der Waals surface area contributed by atoms with Crippen LogP contribution in [0.5, 0.6) is 0 Å². The summed E-state index contributed by atoms with van der Waals surface area (Å²) in [4.78, 5) is 16.3. The Bertz CT molecular complexity index is 623. The molecule has 0 saturated heterocycles. The van der Waals surface area contributed by atoms with Crippen molar-refractivity contribution in [2.24, 2.45) is 16.3 Å². The smallest absolute Gasteiger partial charge is 0.227 e. The Morgan fingerprint density at radius 2 is 1.96 bits per heavy atom. The predicted octanol–water partition coefficient (Wildman–Crippen LogP) is 3.40. The zero-order valence-electron chi connectivity index (χ0n) is 17.8. The third kappa shape index (κ3) is 7.99. The van der Waals surface area contributed by atoms with Crippen LogP contribution in [0, 0.1) is 11.3 Å². The number of nitrogens with zero attached hydrogens (tertiary/aromatic N) is 1. The molecule has 1 rings (SSSR count). The van der Waals surface area contributed by atoms with Crippen LogP contribution in [-0.4, -0.2) is 38.7 Å². The van der Waals surface area contributed by atoms with E-state index in [2.05, 4.69) is 41.7 Å². The molecule has 0 bridgehead atoms. The van der Waals surface area contributed by atoms with Gasteiger partial charge in [0.25, 0.3) is 0 Å². The number of carbonyl (C=O) groups excluding carboxylic acids is 1. The number of amides is 1. The van der Waals surface area contributed by atoms with E-state index in [1.807, 2.05) is 38.1 Å². The Kier molecular flexibility index (Phi) is 9.29. The Balaban J connectivity index is 2.60. The molecule has 0 aromatic heterocycles. The van der Waals surface area contributed by atoms with Gasteiger partial charge in [-0.25, -0.2) is 0 Å².